The second-order valence-corrected chi connectivity index (χ2v) is 7.06. The first kappa shape index (κ1) is 19.0. The molecule has 25 heavy (non-hydrogen) atoms. The molecule has 4 heteroatoms. The van der Waals surface area contributed by atoms with Crippen LogP contribution in [0, 0.1) is 5.82 Å². The zero-order chi connectivity index (χ0) is 18.3. The van der Waals surface area contributed by atoms with Crippen LogP contribution in [0.1, 0.15) is 38.3 Å². The Balaban J connectivity index is 1.67. The van der Waals surface area contributed by atoms with E-state index in [-0.39, 0.29) is 23.6 Å². The van der Waals surface area contributed by atoms with Crippen LogP contribution in [0.3, 0.4) is 0 Å². The minimum absolute atomic E-state index is 0.102. The number of rotatable bonds is 7. The molecule has 0 aromatic heterocycles. The fraction of sp³-hybridized carbons (Fsp3) is 0.381. The average molecular weight is 343 g/mol. The minimum Gasteiger partial charge on any atom is -0.492 e. The van der Waals surface area contributed by atoms with E-state index in [1.54, 1.807) is 18.2 Å². The highest BCUT2D eigenvalue weighted by atomic mass is 19.1. The smallest absolute Gasteiger partial charge is 0.220 e. The van der Waals surface area contributed by atoms with Gasteiger partial charge in [-0.1, -0.05) is 51.1 Å². The van der Waals surface area contributed by atoms with Crippen LogP contribution < -0.4 is 10.1 Å². The van der Waals surface area contributed by atoms with E-state index in [1.165, 1.54) is 11.6 Å². The van der Waals surface area contributed by atoms with Gasteiger partial charge in [0.05, 0.1) is 6.54 Å². The van der Waals surface area contributed by atoms with Crippen LogP contribution in [0.5, 0.6) is 5.75 Å². The van der Waals surface area contributed by atoms with Gasteiger partial charge < -0.3 is 10.1 Å². The Hall–Kier alpha value is -2.36. The van der Waals surface area contributed by atoms with Gasteiger partial charge in [0.2, 0.25) is 5.91 Å². The molecule has 0 aliphatic rings. The molecule has 1 amide bonds. The van der Waals surface area contributed by atoms with Gasteiger partial charge in [0.1, 0.15) is 18.2 Å². The van der Waals surface area contributed by atoms with E-state index in [9.17, 15) is 9.18 Å². The molecule has 0 heterocycles. The number of carbonyl (C=O) groups is 1. The summed E-state index contributed by atoms with van der Waals surface area (Å²) in [6.07, 6.45) is 0.662. The molecular weight excluding hydrogens is 317 g/mol. The number of nitrogens with one attached hydrogen (secondary N) is 1. The van der Waals surface area contributed by atoms with Crippen molar-refractivity contribution in [2.24, 2.45) is 0 Å². The lowest BCUT2D eigenvalue weighted by Crippen LogP contribution is -2.28. The predicted octanol–water partition coefficient (Wildman–Crippen LogP) is 4.25. The van der Waals surface area contributed by atoms with Crippen LogP contribution in [0.4, 0.5) is 4.39 Å². The third-order valence-electron chi connectivity index (χ3n) is 3.99. The minimum atomic E-state index is -0.266. The third-order valence-corrected chi connectivity index (χ3v) is 3.99. The van der Waals surface area contributed by atoms with Crippen LogP contribution in [0.2, 0.25) is 0 Å². The lowest BCUT2D eigenvalue weighted by Gasteiger charge is -2.19. The first-order valence-corrected chi connectivity index (χ1v) is 8.60. The molecule has 0 saturated heterocycles. The molecule has 0 saturated carbocycles. The van der Waals surface area contributed by atoms with Crippen LogP contribution in [-0.2, 0) is 16.6 Å². The molecule has 0 fully saturated rings. The van der Waals surface area contributed by atoms with Crippen molar-refractivity contribution in [1.82, 2.24) is 5.32 Å². The number of benzene rings is 2. The molecule has 2 aromatic carbocycles. The van der Waals surface area contributed by atoms with E-state index < -0.39 is 0 Å². The summed E-state index contributed by atoms with van der Waals surface area (Å²) >= 11 is 0. The van der Waals surface area contributed by atoms with Gasteiger partial charge in [-0.25, -0.2) is 4.39 Å². The largest absolute Gasteiger partial charge is 0.492 e. The summed E-state index contributed by atoms with van der Waals surface area (Å²) in [5, 5.41) is 2.79. The maximum Gasteiger partial charge on any atom is 0.220 e. The molecule has 0 spiro atoms. The molecule has 134 valence electrons. The van der Waals surface area contributed by atoms with E-state index in [0.29, 0.717) is 25.1 Å². The Morgan fingerprint density at radius 3 is 2.40 bits per heavy atom. The van der Waals surface area contributed by atoms with Gasteiger partial charge >= 0.3 is 0 Å². The van der Waals surface area contributed by atoms with Gasteiger partial charge in [-0.05, 0) is 41.2 Å². The number of carbonyl (C=O) groups excluding carboxylic acids is 1. The van der Waals surface area contributed by atoms with E-state index in [4.69, 9.17) is 4.74 Å². The van der Waals surface area contributed by atoms with E-state index >= 15 is 0 Å². The SMILES string of the molecule is CC(C)(C)c1ccc(OCCNC(=O)CCc2ccccc2F)cc1. The zero-order valence-electron chi connectivity index (χ0n) is 15.1. The van der Waals surface area contributed by atoms with Crippen molar-refractivity contribution in [3.8, 4) is 5.75 Å². The summed E-state index contributed by atoms with van der Waals surface area (Å²) in [7, 11) is 0. The molecule has 0 unspecified atom stereocenters. The normalized spacial score (nSPS) is 11.2. The van der Waals surface area contributed by atoms with E-state index in [0.717, 1.165) is 5.75 Å². The summed E-state index contributed by atoms with van der Waals surface area (Å²) in [6.45, 7) is 7.33. The van der Waals surface area contributed by atoms with Gasteiger partial charge in [-0.3, -0.25) is 4.79 Å². The van der Waals surface area contributed by atoms with Crippen LogP contribution >= 0.6 is 0 Å². The predicted molar refractivity (Wildman–Crippen MR) is 98.4 cm³/mol. The van der Waals surface area contributed by atoms with Crippen molar-refractivity contribution >= 4 is 5.91 Å². The lowest BCUT2D eigenvalue weighted by molar-refractivity contribution is -0.121. The second-order valence-electron chi connectivity index (χ2n) is 7.06. The van der Waals surface area contributed by atoms with Crippen LogP contribution in [-0.4, -0.2) is 19.1 Å². The van der Waals surface area contributed by atoms with E-state index in [2.05, 4.69) is 38.2 Å². The van der Waals surface area contributed by atoms with Crippen molar-refractivity contribution < 1.29 is 13.9 Å². The first-order chi connectivity index (χ1) is 11.9. The Bertz CT molecular complexity index is 690. The number of hydrogen-bond acceptors (Lipinski definition) is 2. The number of amides is 1. The van der Waals surface area contributed by atoms with Gasteiger partial charge in [0, 0.05) is 6.42 Å². The highest BCUT2D eigenvalue weighted by Crippen LogP contribution is 2.24. The highest BCUT2D eigenvalue weighted by Gasteiger charge is 2.13. The molecule has 0 aliphatic heterocycles. The molecule has 0 radical (unpaired) electrons. The Kier molecular flexibility index (Phi) is 6.57. The standard InChI is InChI=1S/C21H26FNO2/c1-21(2,3)17-9-11-18(12-10-17)25-15-14-23-20(24)13-8-16-6-4-5-7-19(16)22/h4-7,9-12H,8,13-15H2,1-3H3,(H,23,24). The molecule has 0 bridgehead atoms. The molecule has 2 rings (SSSR count). The molecule has 0 atom stereocenters. The molecule has 2 aromatic rings. The maximum absolute atomic E-state index is 13.5. The Labute approximate surface area is 149 Å². The number of ether oxygens (including phenoxy) is 1. The van der Waals surface area contributed by atoms with Gasteiger partial charge in [0.15, 0.2) is 0 Å². The summed E-state index contributed by atoms with van der Waals surface area (Å²) < 4.78 is 19.1. The quantitative estimate of drug-likeness (QED) is 0.763. The highest BCUT2D eigenvalue weighted by molar-refractivity contribution is 5.76. The molecule has 1 N–H and O–H groups in total. The molecular formula is C21H26FNO2. The Morgan fingerprint density at radius 1 is 1.08 bits per heavy atom. The summed E-state index contributed by atoms with van der Waals surface area (Å²) in [5.74, 6) is 0.417. The van der Waals surface area contributed by atoms with Crippen molar-refractivity contribution in [2.75, 3.05) is 13.2 Å². The second kappa shape index (κ2) is 8.65. The monoisotopic (exact) mass is 343 g/mol. The number of halogens is 1. The fourth-order valence-corrected chi connectivity index (χ4v) is 2.45. The molecule has 3 nitrogen and oxygen atoms in total. The summed E-state index contributed by atoms with van der Waals surface area (Å²) in [5.41, 5.74) is 1.93. The van der Waals surface area contributed by atoms with Crippen molar-refractivity contribution in [2.45, 2.75) is 39.0 Å². The summed E-state index contributed by atoms with van der Waals surface area (Å²) in [6, 6.07) is 14.5. The average Bonchev–Trinajstić information content (AvgIpc) is 2.57. The zero-order valence-corrected chi connectivity index (χ0v) is 15.1. The Morgan fingerprint density at radius 2 is 1.76 bits per heavy atom. The maximum atomic E-state index is 13.5. The van der Waals surface area contributed by atoms with Crippen molar-refractivity contribution in [3.63, 3.8) is 0 Å². The van der Waals surface area contributed by atoms with Gasteiger partial charge in [-0.15, -0.1) is 0 Å². The topological polar surface area (TPSA) is 38.3 Å². The molecule has 0 aliphatic carbocycles. The van der Waals surface area contributed by atoms with Crippen LogP contribution in [0.25, 0.3) is 0 Å². The van der Waals surface area contributed by atoms with Crippen LogP contribution in [0.15, 0.2) is 48.5 Å². The van der Waals surface area contributed by atoms with Crippen molar-refractivity contribution in [3.05, 3.63) is 65.5 Å². The number of aryl methyl sites for hydroxylation is 1. The van der Waals surface area contributed by atoms with Crippen molar-refractivity contribution in [1.29, 1.82) is 0 Å². The summed E-state index contributed by atoms with van der Waals surface area (Å²) in [4.78, 5) is 11.8. The lowest BCUT2D eigenvalue weighted by atomic mass is 9.87. The van der Waals surface area contributed by atoms with E-state index in [1.807, 2.05) is 12.1 Å². The fourth-order valence-electron chi connectivity index (χ4n) is 2.45. The first-order valence-electron chi connectivity index (χ1n) is 8.60. The van der Waals surface area contributed by atoms with Gasteiger partial charge in [-0.2, -0.15) is 0 Å². The van der Waals surface area contributed by atoms with Gasteiger partial charge in [0.25, 0.3) is 0 Å². The number of hydrogen-bond donors (Lipinski definition) is 1. The third kappa shape index (κ3) is 6.22.